The molecule has 0 aliphatic heterocycles. The van der Waals surface area contributed by atoms with E-state index in [0.29, 0.717) is 11.3 Å². The van der Waals surface area contributed by atoms with Crippen LogP contribution in [0.3, 0.4) is 0 Å². The maximum atomic E-state index is 13.3. The molecule has 0 saturated heterocycles. The van der Waals surface area contributed by atoms with Crippen molar-refractivity contribution in [2.75, 3.05) is 6.61 Å². The van der Waals surface area contributed by atoms with Crippen LogP contribution in [0.4, 0.5) is 9.18 Å². The third-order valence-corrected chi connectivity index (χ3v) is 4.27. The Morgan fingerprint density at radius 1 is 1.13 bits per heavy atom. The van der Waals surface area contributed by atoms with Crippen molar-refractivity contribution in [3.8, 4) is 17.6 Å². The van der Waals surface area contributed by atoms with Crippen molar-refractivity contribution < 1.29 is 23.5 Å². The van der Waals surface area contributed by atoms with Crippen molar-refractivity contribution in [2.24, 2.45) is 5.92 Å². The van der Waals surface area contributed by atoms with Gasteiger partial charge >= 0.3 is 6.09 Å². The summed E-state index contributed by atoms with van der Waals surface area (Å²) >= 11 is 0. The maximum absolute atomic E-state index is 13.3. The standard InChI is InChI=1S/C23H26FN3O4/c1-15(2)20(26-22(29)31-19-7-5-6-17(24)12-19)21(28)27-23(3,4)14-30-18-10-8-16(13-25)9-11-18/h5-12,15,20H,14H2,1-4H3,(H,26,29)(H,27,28)/t20-/m0/s1. The van der Waals surface area contributed by atoms with Gasteiger partial charge in [-0.25, -0.2) is 9.18 Å². The molecule has 2 rings (SSSR count). The van der Waals surface area contributed by atoms with Crippen molar-refractivity contribution >= 4 is 12.0 Å². The van der Waals surface area contributed by atoms with Crippen LogP contribution in [0.1, 0.15) is 33.3 Å². The highest BCUT2D eigenvalue weighted by molar-refractivity contribution is 5.86. The molecule has 164 valence electrons. The molecule has 0 fully saturated rings. The van der Waals surface area contributed by atoms with Gasteiger partial charge in [-0.1, -0.05) is 19.9 Å². The Kier molecular flexibility index (Phi) is 7.97. The number of nitriles is 1. The van der Waals surface area contributed by atoms with Crippen LogP contribution < -0.4 is 20.1 Å². The van der Waals surface area contributed by atoms with E-state index >= 15 is 0 Å². The van der Waals surface area contributed by atoms with Crippen LogP contribution in [0.2, 0.25) is 0 Å². The average Bonchev–Trinajstić information content (AvgIpc) is 2.70. The monoisotopic (exact) mass is 427 g/mol. The molecule has 0 radical (unpaired) electrons. The van der Waals surface area contributed by atoms with Gasteiger partial charge in [-0.2, -0.15) is 5.26 Å². The van der Waals surface area contributed by atoms with Gasteiger partial charge in [0, 0.05) is 6.07 Å². The zero-order valence-corrected chi connectivity index (χ0v) is 17.9. The maximum Gasteiger partial charge on any atom is 0.413 e. The first kappa shape index (κ1) is 23.7. The Morgan fingerprint density at radius 2 is 1.81 bits per heavy atom. The van der Waals surface area contributed by atoms with Gasteiger partial charge in [-0.15, -0.1) is 0 Å². The van der Waals surface area contributed by atoms with Crippen molar-refractivity contribution in [1.29, 1.82) is 5.26 Å². The summed E-state index contributed by atoms with van der Waals surface area (Å²) in [5.41, 5.74) is -0.220. The summed E-state index contributed by atoms with van der Waals surface area (Å²) in [6, 6.07) is 13.0. The lowest BCUT2D eigenvalue weighted by atomic mass is 10.0. The predicted octanol–water partition coefficient (Wildman–Crippen LogP) is 3.78. The van der Waals surface area contributed by atoms with Crippen LogP contribution in [0.25, 0.3) is 0 Å². The summed E-state index contributed by atoms with van der Waals surface area (Å²) < 4.78 is 24.0. The summed E-state index contributed by atoms with van der Waals surface area (Å²) in [6.07, 6.45) is -0.855. The number of nitrogens with zero attached hydrogens (tertiary/aromatic N) is 1. The minimum atomic E-state index is -0.866. The molecule has 0 heterocycles. The largest absolute Gasteiger partial charge is 0.491 e. The molecule has 0 unspecified atom stereocenters. The number of benzene rings is 2. The molecular formula is C23H26FN3O4. The summed E-state index contributed by atoms with van der Waals surface area (Å²) in [7, 11) is 0. The highest BCUT2D eigenvalue weighted by Gasteiger charge is 2.30. The van der Waals surface area contributed by atoms with E-state index in [1.807, 2.05) is 6.07 Å². The van der Waals surface area contributed by atoms with Crippen LogP contribution in [0, 0.1) is 23.1 Å². The van der Waals surface area contributed by atoms with Gasteiger partial charge in [0.25, 0.3) is 0 Å². The fourth-order valence-electron chi connectivity index (χ4n) is 2.67. The minimum absolute atomic E-state index is 0.0385. The molecule has 0 aliphatic carbocycles. The number of ether oxygens (including phenoxy) is 2. The van der Waals surface area contributed by atoms with Crippen LogP contribution in [-0.2, 0) is 4.79 Å². The smallest absolute Gasteiger partial charge is 0.413 e. The van der Waals surface area contributed by atoms with Gasteiger partial charge in [0.15, 0.2) is 0 Å². The summed E-state index contributed by atoms with van der Waals surface area (Å²) in [5, 5.41) is 14.2. The number of rotatable bonds is 8. The zero-order valence-electron chi connectivity index (χ0n) is 17.9. The number of carbonyl (C=O) groups excluding carboxylic acids is 2. The van der Waals surface area contributed by atoms with Gasteiger partial charge < -0.3 is 20.1 Å². The molecule has 0 aliphatic rings. The SMILES string of the molecule is CC(C)[C@H](NC(=O)Oc1cccc(F)c1)C(=O)NC(C)(C)COc1ccc(C#N)cc1. The van der Waals surface area contributed by atoms with E-state index in [9.17, 15) is 14.0 Å². The number of hydrogen-bond donors (Lipinski definition) is 2. The molecule has 2 aromatic carbocycles. The molecule has 7 nitrogen and oxygen atoms in total. The molecule has 0 spiro atoms. The van der Waals surface area contributed by atoms with E-state index in [0.717, 1.165) is 6.07 Å². The lowest BCUT2D eigenvalue weighted by Crippen LogP contribution is -2.57. The Labute approximate surface area is 181 Å². The topological polar surface area (TPSA) is 100 Å². The zero-order chi connectivity index (χ0) is 23.0. The Hall–Kier alpha value is -3.60. The Bertz CT molecular complexity index is 952. The number of hydrogen-bond acceptors (Lipinski definition) is 5. The molecule has 0 aromatic heterocycles. The molecule has 8 heteroatoms. The normalized spacial score (nSPS) is 11.9. The lowest BCUT2D eigenvalue weighted by Gasteiger charge is -2.30. The van der Waals surface area contributed by atoms with Crippen molar-refractivity contribution in [3.05, 3.63) is 59.9 Å². The molecule has 2 amide bonds. The fourth-order valence-corrected chi connectivity index (χ4v) is 2.67. The van der Waals surface area contributed by atoms with E-state index in [1.165, 1.54) is 18.2 Å². The predicted molar refractivity (Wildman–Crippen MR) is 113 cm³/mol. The third kappa shape index (κ3) is 7.63. The summed E-state index contributed by atoms with van der Waals surface area (Å²) in [6.45, 7) is 7.32. The fraction of sp³-hybridized carbons (Fsp3) is 0.348. The lowest BCUT2D eigenvalue weighted by molar-refractivity contribution is -0.126. The van der Waals surface area contributed by atoms with Gasteiger partial charge in [0.1, 0.15) is 30.0 Å². The second kappa shape index (κ2) is 10.4. The summed E-state index contributed by atoms with van der Waals surface area (Å²) in [5.74, 6) is -0.558. The first-order valence-corrected chi connectivity index (χ1v) is 9.78. The van der Waals surface area contributed by atoms with Crippen LogP contribution in [0.5, 0.6) is 11.5 Å². The Balaban J connectivity index is 1.94. The van der Waals surface area contributed by atoms with Gasteiger partial charge in [-0.3, -0.25) is 4.79 Å². The van der Waals surface area contributed by atoms with E-state index < -0.39 is 29.4 Å². The highest BCUT2D eigenvalue weighted by Crippen LogP contribution is 2.15. The quantitative estimate of drug-likeness (QED) is 0.668. The first-order valence-electron chi connectivity index (χ1n) is 9.78. The molecule has 2 N–H and O–H groups in total. The highest BCUT2D eigenvalue weighted by atomic mass is 19.1. The number of halogens is 1. The molecule has 2 aromatic rings. The summed E-state index contributed by atoms with van der Waals surface area (Å²) in [4.78, 5) is 25.0. The van der Waals surface area contributed by atoms with Crippen molar-refractivity contribution in [1.82, 2.24) is 10.6 Å². The molecule has 0 saturated carbocycles. The van der Waals surface area contributed by atoms with Gasteiger partial charge in [-0.05, 0) is 56.2 Å². The minimum Gasteiger partial charge on any atom is -0.491 e. The average molecular weight is 427 g/mol. The number of carbonyl (C=O) groups is 2. The van der Waals surface area contributed by atoms with Crippen LogP contribution in [0.15, 0.2) is 48.5 Å². The van der Waals surface area contributed by atoms with Crippen LogP contribution in [-0.4, -0.2) is 30.2 Å². The second-order valence-electron chi connectivity index (χ2n) is 8.01. The number of nitrogens with one attached hydrogen (secondary N) is 2. The van der Waals surface area contributed by atoms with E-state index in [1.54, 1.807) is 52.0 Å². The van der Waals surface area contributed by atoms with E-state index in [4.69, 9.17) is 14.7 Å². The van der Waals surface area contributed by atoms with Crippen molar-refractivity contribution in [2.45, 2.75) is 39.3 Å². The third-order valence-electron chi connectivity index (χ3n) is 4.27. The molecule has 31 heavy (non-hydrogen) atoms. The number of amides is 2. The van der Waals surface area contributed by atoms with E-state index in [2.05, 4.69) is 10.6 Å². The van der Waals surface area contributed by atoms with E-state index in [-0.39, 0.29) is 18.3 Å². The van der Waals surface area contributed by atoms with Gasteiger partial charge in [0.05, 0.1) is 17.2 Å². The second-order valence-corrected chi connectivity index (χ2v) is 8.01. The molecular weight excluding hydrogens is 401 g/mol. The van der Waals surface area contributed by atoms with Crippen molar-refractivity contribution in [3.63, 3.8) is 0 Å². The first-order chi connectivity index (χ1) is 14.6. The van der Waals surface area contributed by atoms with Crippen LogP contribution >= 0.6 is 0 Å². The van der Waals surface area contributed by atoms with Gasteiger partial charge in [0.2, 0.25) is 5.91 Å². The molecule has 1 atom stereocenters. The Morgan fingerprint density at radius 3 is 2.39 bits per heavy atom. The molecule has 0 bridgehead atoms.